The zero-order valence-electron chi connectivity index (χ0n) is 15.5. The molecule has 1 N–H and O–H groups in total. The highest BCUT2D eigenvalue weighted by Gasteiger charge is 2.44. The molecule has 0 amide bonds. The molecule has 0 spiro atoms. The number of aromatic amines is 1. The largest absolute Gasteiger partial charge is 0.347 e. The van der Waals surface area contributed by atoms with Crippen LogP contribution in [0.1, 0.15) is 48.6 Å². The second-order valence-electron chi connectivity index (χ2n) is 7.78. The van der Waals surface area contributed by atoms with Gasteiger partial charge >= 0.3 is 0 Å². The molecule has 2 atom stereocenters. The second kappa shape index (κ2) is 6.82. The van der Waals surface area contributed by atoms with Gasteiger partial charge in [-0.3, -0.25) is 14.9 Å². The topological polar surface area (TPSA) is 79.2 Å². The Bertz CT molecular complexity index is 915. The molecule has 1 saturated carbocycles. The van der Waals surface area contributed by atoms with Gasteiger partial charge < -0.3 is 4.90 Å². The lowest BCUT2D eigenvalue weighted by atomic mass is 9.89. The molecule has 7 nitrogen and oxygen atoms in total. The quantitative estimate of drug-likeness (QED) is 0.877. The van der Waals surface area contributed by atoms with Crippen molar-refractivity contribution in [2.24, 2.45) is 10.9 Å². The molecule has 5 rings (SSSR count). The van der Waals surface area contributed by atoms with E-state index in [2.05, 4.69) is 15.3 Å². The van der Waals surface area contributed by atoms with Crippen molar-refractivity contribution >= 4 is 22.5 Å². The molecule has 0 saturated heterocycles. The van der Waals surface area contributed by atoms with Crippen LogP contribution in [0.4, 0.5) is 5.69 Å². The number of thioether (sulfide) groups is 1. The van der Waals surface area contributed by atoms with E-state index < -0.39 is 0 Å². The van der Waals surface area contributed by atoms with Crippen LogP contribution >= 0.6 is 11.8 Å². The third kappa shape index (κ3) is 2.99. The molecule has 4 heterocycles. The van der Waals surface area contributed by atoms with Gasteiger partial charge in [0.1, 0.15) is 11.9 Å². The molecule has 2 unspecified atom stereocenters. The minimum atomic E-state index is -0.0112. The summed E-state index contributed by atoms with van der Waals surface area (Å²) in [4.78, 5) is 20.0. The first-order chi connectivity index (χ1) is 13.2. The average molecular weight is 385 g/mol. The summed E-state index contributed by atoms with van der Waals surface area (Å²) in [6.45, 7) is 0.747. The second-order valence-corrected chi connectivity index (χ2v) is 9.00. The molecule has 1 aliphatic carbocycles. The number of fused-ring (bicyclic) bond motifs is 3. The third-order valence-corrected chi connectivity index (χ3v) is 7.24. The van der Waals surface area contributed by atoms with E-state index >= 15 is 0 Å². The Labute approximate surface area is 162 Å². The lowest BCUT2D eigenvalue weighted by molar-refractivity contribution is 0.302. The van der Waals surface area contributed by atoms with Gasteiger partial charge in [-0.05, 0) is 24.8 Å². The van der Waals surface area contributed by atoms with Crippen molar-refractivity contribution in [1.82, 2.24) is 20.0 Å². The van der Waals surface area contributed by atoms with E-state index in [1.54, 1.807) is 22.6 Å². The van der Waals surface area contributed by atoms with E-state index in [0.29, 0.717) is 5.92 Å². The van der Waals surface area contributed by atoms with Crippen LogP contribution in [0.25, 0.3) is 0 Å². The maximum Gasteiger partial charge on any atom is 0.290 e. The Balaban J connectivity index is 1.38. The summed E-state index contributed by atoms with van der Waals surface area (Å²) >= 11 is 1.75. The van der Waals surface area contributed by atoms with Crippen LogP contribution in [-0.4, -0.2) is 38.2 Å². The summed E-state index contributed by atoms with van der Waals surface area (Å²) in [5, 5.41) is 12.8. The van der Waals surface area contributed by atoms with Crippen molar-refractivity contribution in [2.45, 2.75) is 56.5 Å². The van der Waals surface area contributed by atoms with E-state index in [4.69, 9.17) is 4.99 Å². The SMILES string of the molecule is CN1c2c(cnn(CC3CCCCC3)c2=O)C2SC(Cc3ccn[nH]3)=NC21. The predicted molar refractivity (Wildman–Crippen MR) is 107 cm³/mol. The summed E-state index contributed by atoms with van der Waals surface area (Å²) in [5.74, 6) is 0.585. The molecule has 2 aliphatic heterocycles. The molecule has 2 aromatic rings. The molecule has 1 fully saturated rings. The smallest absolute Gasteiger partial charge is 0.290 e. The van der Waals surface area contributed by atoms with E-state index in [0.717, 1.165) is 35.0 Å². The third-order valence-electron chi connectivity index (χ3n) is 5.97. The molecular weight excluding hydrogens is 360 g/mol. The van der Waals surface area contributed by atoms with Gasteiger partial charge in [-0.15, -0.1) is 0 Å². The fourth-order valence-electron chi connectivity index (χ4n) is 4.53. The lowest BCUT2D eigenvalue weighted by Gasteiger charge is -2.22. The number of likely N-dealkylation sites (N-methyl/N-ethyl adjacent to an activating group) is 1. The van der Waals surface area contributed by atoms with Crippen molar-refractivity contribution < 1.29 is 0 Å². The van der Waals surface area contributed by atoms with E-state index in [-0.39, 0.29) is 17.0 Å². The highest BCUT2D eigenvalue weighted by molar-refractivity contribution is 8.14. The zero-order valence-corrected chi connectivity index (χ0v) is 16.3. The minimum absolute atomic E-state index is 0.0112. The van der Waals surface area contributed by atoms with Crippen molar-refractivity contribution in [3.63, 3.8) is 0 Å². The van der Waals surface area contributed by atoms with Gasteiger partial charge in [-0.2, -0.15) is 10.2 Å². The van der Waals surface area contributed by atoms with Gasteiger partial charge in [-0.25, -0.2) is 4.68 Å². The molecular formula is C19H24N6OS. The molecule has 0 radical (unpaired) electrons. The van der Waals surface area contributed by atoms with E-state index in [1.807, 2.05) is 24.2 Å². The Hall–Kier alpha value is -2.09. The monoisotopic (exact) mass is 384 g/mol. The van der Waals surface area contributed by atoms with Gasteiger partial charge in [0.25, 0.3) is 5.56 Å². The van der Waals surface area contributed by atoms with Gasteiger partial charge in [-0.1, -0.05) is 31.0 Å². The van der Waals surface area contributed by atoms with Crippen molar-refractivity contribution in [1.29, 1.82) is 0 Å². The van der Waals surface area contributed by atoms with Crippen molar-refractivity contribution in [2.75, 3.05) is 11.9 Å². The number of hydrogen-bond donors (Lipinski definition) is 1. The van der Waals surface area contributed by atoms with Crippen LogP contribution in [0.2, 0.25) is 0 Å². The van der Waals surface area contributed by atoms with Gasteiger partial charge in [0.05, 0.1) is 16.5 Å². The Morgan fingerprint density at radius 1 is 1.30 bits per heavy atom. The zero-order chi connectivity index (χ0) is 18.4. The normalized spacial score (nSPS) is 24.8. The highest BCUT2D eigenvalue weighted by Crippen LogP contribution is 2.49. The van der Waals surface area contributed by atoms with Gasteiger partial charge in [0.2, 0.25) is 0 Å². The lowest BCUT2D eigenvalue weighted by Crippen LogP contribution is -2.33. The number of aromatic nitrogens is 4. The number of hydrogen-bond acceptors (Lipinski definition) is 6. The summed E-state index contributed by atoms with van der Waals surface area (Å²) in [6, 6.07) is 1.97. The summed E-state index contributed by atoms with van der Waals surface area (Å²) in [7, 11) is 1.99. The fraction of sp³-hybridized carbons (Fsp3) is 0.579. The fourth-order valence-corrected chi connectivity index (χ4v) is 5.90. The van der Waals surface area contributed by atoms with Gasteiger partial charge in [0, 0.05) is 37.5 Å². The maximum absolute atomic E-state index is 13.1. The van der Waals surface area contributed by atoms with Crippen molar-refractivity contribution in [3.8, 4) is 0 Å². The number of rotatable bonds is 4. The Morgan fingerprint density at radius 2 is 2.15 bits per heavy atom. The molecule has 0 bridgehead atoms. The van der Waals surface area contributed by atoms with Gasteiger partial charge in [0.15, 0.2) is 0 Å². The summed E-state index contributed by atoms with van der Waals surface area (Å²) in [5.41, 5.74) is 2.92. The van der Waals surface area contributed by atoms with Crippen LogP contribution < -0.4 is 10.5 Å². The van der Waals surface area contributed by atoms with Crippen LogP contribution in [0, 0.1) is 5.92 Å². The minimum Gasteiger partial charge on any atom is -0.347 e. The van der Waals surface area contributed by atoms with E-state index in [9.17, 15) is 4.79 Å². The first-order valence-corrected chi connectivity index (χ1v) is 10.6. The molecule has 3 aliphatic rings. The van der Waals surface area contributed by atoms with Crippen LogP contribution in [0.5, 0.6) is 0 Å². The molecule has 2 aromatic heterocycles. The summed E-state index contributed by atoms with van der Waals surface area (Å²) < 4.78 is 1.69. The Morgan fingerprint density at radius 3 is 2.93 bits per heavy atom. The van der Waals surface area contributed by atoms with E-state index in [1.165, 1.54) is 32.1 Å². The number of aliphatic imine (C=N–C) groups is 1. The maximum atomic E-state index is 13.1. The first-order valence-electron chi connectivity index (χ1n) is 9.75. The molecule has 142 valence electrons. The standard InChI is InChI=1S/C19H24N6OS/c1-24-16-14(10-21-25(19(16)26)11-12-5-3-2-4-6-12)17-18(24)22-15(27-17)9-13-7-8-20-23-13/h7-8,10,12,17-18H,2-6,9,11H2,1H3,(H,20,23). The van der Waals surface area contributed by atoms with Crippen LogP contribution in [-0.2, 0) is 13.0 Å². The number of nitrogens with zero attached hydrogens (tertiary/aromatic N) is 5. The summed E-state index contributed by atoms with van der Waals surface area (Å²) in [6.07, 6.45) is 10.7. The van der Waals surface area contributed by atoms with Crippen LogP contribution in [0.3, 0.4) is 0 Å². The van der Waals surface area contributed by atoms with Crippen molar-refractivity contribution in [3.05, 3.63) is 40.1 Å². The molecule has 8 heteroatoms. The molecule has 0 aromatic carbocycles. The van der Waals surface area contributed by atoms with Crippen LogP contribution in [0.15, 0.2) is 28.2 Å². The predicted octanol–water partition coefficient (Wildman–Crippen LogP) is 2.75. The highest BCUT2D eigenvalue weighted by atomic mass is 32.2. The number of H-pyrrole nitrogens is 1. The molecule has 27 heavy (non-hydrogen) atoms. The average Bonchev–Trinajstić information content (AvgIpc) is 3.38. The number of anilines is 1. The Kier molecular flexibility index (Phi) is 4.30. The number of nitrogens with one attached hydrogen (secondary N) is 1. The first kappa shape index (κ1) is 17.0.